The van der Waals surface area contributed by atoms with Gasteiger partial charge >= 0.3 is 0 Å². The predicted molar refractivity (Wildman–Crippen MR) is 448 cm³/mol. The van der Waals surface area contributed by atoms with E-state index in [1.165, 1.54) is 62.8 Å². The van der Waals surface area contributed by atoms with Crippen molar-refractivity contribution in [2.45, 2.75) is 163 Å². The van der Waals surface area contributed by atoms with Crippen LogP contribution in [-0.4, -0.2) is 218 Å². The number of benzene rings is 6. The first kappa shape index (κ1) is 95.2. The smallest absolute Gasteiger partial charge is 0.274 e. The second-order valence-corrected chi connectivity index (χ2v) is 34.2. The monoisotopic (exact) mass is 1860 g/mol. The molecular formula is C81H90Cl4N14O27S. The van der Waals surface area contributed by atoms with E-state index in [1.54, 1.807) is 20.8 Å². The minimum Gasteiger partial charge on any atom is -0.508 e. The average molecular weight is 1870 g/mol. The van der Waals surface area contributed by atoms with Gasteiger partial charge in [0.1, 0.15) is 95.5 Å². The molecule has 1 aromatic heterocycles. The van der Waals surface area contributed by atoms with E-state index < -0.39 is 283 Å². The number of primary amides is 1. The first-order valence-electron chi connectivity index (χ1n) is 39.2. The molecule has 0 radical (unpaired) electrons. The van der Waals surface area contributed by atoms with E-state index in [2.05, 4.69) is 52.8 Å². The summed E-state index contributed by atoms with van der Waals surface area (Å²) in [7, 11) is -2.84. The third-order valence-corrected chi connectivity index (χ3v) is 22.9. The van der Waals surface area contributed by atoms with Crippen molar-refractivity contribution < 1.29 is 131 Å². The molecule has 24 N–H and O–H groups in total. The number of aromatic hydroxyl groups is 3. The fourth-order valence-corrected chi connectivity index (χ4v) is 16.3. The molecule has 14 rings (SSSR count). The van der Waals surface area contributed by atoms with E-state index in [4.69, 9.17) is 90.5 Å². The number of nitrogens with zero attached hydrogens (tertiary/aromatic N) is 1. The number of nitrogens with two attached hydrogens (primary N) is 2. The van der Waals surface area contributed by atoms with Gasteiger partial charge in [0.15, 0.2) is 23.9 Å². The Hall–Kier alpha value is -11.0. The largest absolute Gasteiger partial charge is 0.508 e. The molecule has 7 aromatic rings. The maximum atomic E-state index is 16.4. The zero-order valence-corrected chi connectivity index (χ0v) is 71.5. The molecule has 127 heavy (non-hydrogen) atoms. The van der Waals surface area contributed by atoms with Crippen LogP contribution in [0.1, 0.15) is 121 Å². The van der Waals surface area contributed by atoms with Crippen molar-refractivity contribution in [3.63, 3.8) is 0 Å². The third kappa shape index (κ3) is 22.4. The summed E-state index contributed by atoms with van der Waals surface area (Å²) in [5.74, 6) is -16.8. The van der Waals surface area contributed by atoms with Crippen LogP contribution in [0.15, 0.2) is 116 Å². The number of carbonyl (C=O) groups is 9. The maximum Gasteiger partial charge on any atom is 0.274 e. The van der Waals surface area contributed by atoms with E-state index in [9.17, 15) is 73.6 Å². The second kappa shape index (κ2) is 40.2. The quantitative estimate of drug-likeness (QED) is 0.0320. The van der Waals surface area contributed by atoms with Gasteiger partial charge in [0.25, 0.3) is 22.0 Å². The molecule has 2 saturated heterocycles. The lowest BCUT2D eigenvalue weighted by molar-refractivity contribution is -0.334. The molecule has 680 valence electrons. The van der Waals surface area contributed by atoms with Crippen LogP contribution in [0.5, 0.6) is 46.0 Å². The number of halogens is 4. The number of phenols is 3. The summed E-state index contributed by atoms with van der Waals surface area (Å²) < 4.78 is 64.7. The van der Waals surface area contributed by atoms with Gasteiger partial charge in [-0.3, -0.25) is 53.0 Å². The van der Waals surface area contributed by atoms with Gasteiger partial charge in [-0.25, -0.2) is 15.3 Å². The number of hydrogen-bond acceptors (Lipinski definition) is 30. The lowest BCUT2D eigenvalue weighted by atomic mass is 9.84. The number of amides is 9. The molecule has 7 aliphatic heterocycles. The Kier molecular flexibility index (Phi) is 30.1. The molecule has 6 aromatic carbocycles. The Bertz CT molecular complexity index is 5500. The predicted octanol–water partition coefficient (Wildman–Crippen LogP) is 1.65. The minimum absolute atomic E-state index is 0.0630. The fraction of sp³-hybridized carbons (Fsp3) is 0.383. The number of rotatable bonds is 23. The Morgan fingerprint density at radius 1 is 0.709 bits per heavy atom. The lowest BCUT2D eigenvalue weighted by Gasteiger charge is -2.48. The van der Waals surface area contributed by atoms with Crippen LogP contribution >= 0.6 is 46.4 Å². The second-order valence-electron chi connectivity index (χ2n) is 31.1. The molecule has 0 spiro atoms. The van der Waals surface area contributed by atoms with E-state index in [1.807, 2.05) is 10.2 Å². The van der Waals surface area contributed by atoms with Crippen molar-refractivity contribution in [2.24, 2.45) is 16.8 Å². The van der Waals surface area contributed by atoms with Crippen LogP contribution in [0.25, 0.3) is 11.1 Å². The molecule has 18 unspecified atom stereocenters. The highest BCUT2D eigenvalue weighted by atomic mass is 35.5. The number of ether oxygens (including phenoxy) is 6. The number of phenolic OH excluding ortho intramolecular Hbond substituents is 3. The van der Waals surface area contributed by atoms with Gasteiger partial charge in [0.05, 0.1) is 53.5 Å². The van der Waals surface area contributed by atoms with Gasteiger partial charge in [-0.1, -0.05) is 78.5 Å². The van der Waals surface area contributed by atoms with Crippen molar-refractivity contribution in [1.82, 2.24) is 57.7 Å². The van der Waals surface area contributed by atoms with Gasteiger partial charge in [-0.15, -0.1) is 0 Å². The van der Waals surface area contributed by atoms with E-state index in [-0.39, 0.29) is 52.0 Å². The number of aliphatic hydroxyl groups excluding tert-OH is 6. The zero-order valence-electron chi connectivity index (χ0n) is 67.7. The number of aromatic nitrogens is 1. The summed E-state index contributed by atoms with van der Waals surface area (Å²) in [6.07, 6.45) is -16.9. The summed E-state index contributed by atoms with van der Waals surface area (Å²) in [6.45, 7) is 4.45. The molecule has 46 heteroatoms. The Balaban J connectivity index is 1.02. The van der Waals surface area contributed by atoms with Gasteiger partial charge in [-0.05, 0) is 145 Å². The Morgan fingerprint density at radius 3 is 1.98 bits per heavy atom. The van der Waals surface area contributed by atoms with Crippen LogP contribution < -0.4 is 83.1 Å². The number of aliphatic hydroxyl groups is 6. The highest BCUT2D eigenvalue weighted by molar-refractivity contribution is 7.87. The zero-order chi connectivity index (χ0) is 92.1. The number of nitrogens with one attached hydrogen (secondary N) is 11. The number of pyridine rings is 1. The normalized spacial score (nSPS) is 25.9. The fourth-order valence-electron chi connectivity index (χ4n) is 14.9. The minimum atomic E-state index is -4.30. The summed E-state index contributed by atoms with van der Waals surface area (Å²) >= 11 is 26.8. The molecule has 0 aliphatic carbocycles. The first-order chi connectivity index (χ1) is 60.1. The lowest BCUT2D eigenvalue weighted by Crippen LogP contribution is -2.65. The van der Waals surface area contributed by atoms with Crippen LogP contribution in [0.4, 0.5) is 5.69 Å². The summed E-state index contributed by atoms with van der Waals surface area (Å²) in [6, 6.07) is 4.70. The molecule has 0 saturated carbocycles. The molecule has 2 fully saturated rings. The molecular weight excluding hydrogens is 1770 g/mol. The highest BCUT2D eigenvalue weighted by Crippen LogP contribution is 2.50. The van der Waals surface area contributed by atoms with E-state index >= 15 is 24.0 Å². The number of hydrogen-bond donors (Lipinski definition) is 22. The summed E-state index contributed by atoms with van der Waals surface area (Å²) in [4.78, 5) is 143. The number of likely N-dealkylation sites (N-methyl/N-ethyl adjacent to an activating group) is 1. The van der Waals surface area contributed by atoms with Crippen molar-refractivity contribution in [3.05, 3.63) is 175 Å². The van der Waals surface area contributed by atoms with E-state index in [0.29, 0.717) is 11.3 Å². The van der Waals surface area contributed by atoms with E-state index in [0.717, 1.165) is 66.7 Å². The number of fused-ring (bicyclic) bond motifs is 15. The molecule has 8 heterocycles. The first-order valence-corrected chi connectivity index (χ1v) is 42.2. The summed E-state index contributed by atoms with van der Waals surface area (Å²) in [5.41, 5.74) is 4.15. The van der Waals surface area contributed by atoms with Crippen molar-refractivity contribution >= 4 is 115 Å². The van der Waals surface area contributed by atoms with Gasteiger partial charge in [0, 0.05) is 70.4 Å². The standard InChI is InChI=1S/C81H90Cl4N14O27S/c1-32(2)14-48(88-5)73(111)97-63-65(105)36-7-10-52(46(84)17-36)122-54-19-38-20-55(69(54)126-80-70(68(108)67(107)56(31-100)124-80)125-58-27-81(4,71(109)33(3)121-58)90-29-34-15-39(30-89-28-34)72(110)92-42-22-40(82)21-41(83)23-42)123-53-11-8-37(18-47(53)85)66(106)64-78(116)96-62(79(117)99-120-13-12-91-127(87,118)119)45-24-43(101)25-51(103)59(45)44-16-35(6-9-50(44)102)60(75(113)98-64)95-76(114)61(38)94-74(112)49(26-57(86)104)93-77(63)115/h6-11,15-25,28,30,32-33,48-49,56,58,60-68,70-71,80,88,90-91,100-103,105-109H,12-14,26-27,29,31H2,1-5H3,(H2,86,104)(H,92,110)(H,93,115)(H,94,112)(H,95,114)(H,96,116)(H,97,111)(H,98,113)(H,99,117)(H2,87,118,119). The number of hydroxylamine groups is 1. The molecule has 9 amide bonds. The van der Waals surface area contributed by atoms with Gasteiger partial charge in [0.2, 0.25) is 53.4 Å². The Labute approximate surface area is 743 Å². The van der Waals surface area contributed by atoms with Crippen molar-refractivity contribution in [2.75, 3.05) is 32.1 Å². The maximum absolute atomic E-state index is 16.4. The van der Waals surface area contributed by atoms with Gasteiger partial charge < -0.3 is 128 Å². The topological polar surface area (TPSA) is 632 Å². The third-order valence-electron chi connectivity index (χ3n) is 21.3. The number of anilines is 1. The molecule has 11 bridgehead atoms. The number of carbonyl (C=O) groups excluding carboxylic acids is 9. The Morgan fingerprint density at radius 2 is 1.35 bits per heavy atom. The van der Waals surface area contributed by atoms with Crippen LogP contribution in [0.3, 0.4) is 0 Å². The SMILES string of the molecule is CNC(CC(C)C)C(=O)NC1C(=O)NC(CC(N)=O)C(=O)NC2C(=O)NC3C(=O)NC(C(=O)NC(C(=O)NOCCNS(N)(=O)=O)c4cc(O)cc(O)c4-c4cc3ccc4O)C(O)c3ccc(c(Cl)c3)Oc3cc2cc(c3OC2OC(CO)C(O)C(O)C2OC2CC(C)(NCc3cncc(C(=O)Nc4cc(Cl)cc(Cl)c4)c3)C(O)C(C)O2)Oc2ccc(cc2Cl)C1O. The van der Waals surface area contributed by atoms with Gasteiger partial charge in [-0.2, -0.15) is 8.42 Å². The average Bonchev–Trinajstić information content (AvgIpc) is 0.753. The van der Waals surface area contributed by atoms with Crippen molar-refractivity contribution in [3.8, 4) is 57.1 Å². The van der Waals surface area contributed by atoms with Crippen LogP contribution in [-0.2, 0) is 74.2 Å². The van der Waals surface area contributed by atoms with Crippen LogP contribution in [0, 0.1) is 5.92 Å². The van der Waals surface area contributed by atoms with Crippen molar-refractivity contribution in [1.29, 1.82) is 0 Å². The van der Waals surface area contributed by atoms with Crippen LogP contribution in [0.2, 0.25) is 20.1 Å². The molecule has 41 nitrogen and oxygen atoms in total. The molecule has 7 aliphatic rings. The summed E-state index contributed by atoms with van der Waals surface area (Å²) in [5, 5.41) is 135. The highest BCUT2D eigenvalue weighted by Gasteiger charge is 2.52. The molecule has 18 atom stereocenters.